The van der Waals surface area contributed by atoms with E-state index in [0.717, 1.165) is 0 Å². The highest BCUT2D eigenvalue weighted by molar-refractivity contribution is 6.33. The fraction of sp³-hybridized carbons (Fsp3) is 0.429. The molecule has 51 valence electrons. The van der Waals surface area contributed by atoms with Gasteiger partial charge >= 0.3 is 0 Å². The number of carbonyl (C=O) groups is 1. The van der Waals surface area contributed by atoms with Crippen LogP contribution in [0.15, 0.2) is 12.2 Å². The Hall–Kier alpha value is -0.300. The van der Waals surface area contributed by atoms with Crippen molar-refractivity contribution in [1.29, 1.82) is 0 Å². The molecule has 0 aliphatic heterocycles. The largest absolute Gasteiger partial charge is 0.293 e. The molecular weight excluding hydrogens is 136 g/mol. The van der Waals surface area contributed by atoms with Crippen LogP contribution in [-0.4, -0.2) is 11.2 Å². The minimum Gasteiger partial charge on any atom is -0.293 e. The van der Waals surface area contributed by atoms with E-state index < -0.39 is 5.38 Å². The topological polar surface area (TPSA) is 17.1 Å². The molecular formula is C7H10ClO. The molecule has 0 bridgehead atoms. The first kappa shape index (κ1) is 8.70. The molecule has 0 aromatic heterocycles. The summed E-state index contributed by atoms with van der Waals surface area (Å²) in [5, 5.41) is -0.484. The van der Waals surface area contributed by atoms with Crippen molar-refractivity contribution in [1.82, 2.24) is 0 Å². The van der Waals surface area contributed by atoms with Gasteiger partial charge in [0.05, 0.1) is 5.38 Å². The number of rotatable bonds is 3. The zero-order valence-corrected chi connectivity index (χ0v) is 6.24. The quantitative estimate of drug-likeness (QED) is 0.438. The normalized spacial score (nSPS) is 12.8. The predicted octanol–water partition coefficient (Wildman–Crippen LogP) is 1.96. The summed E-state index contributed by atoms with van der Waals surface area (Å²) in [4.78, 5) is 10.8. The van der Waals surface area contributed by atoms with Crippen molar-refractivity contribution in [3.05, 3.63) is 19.1 Å². The van der Waals surface area contributed by atoms with Crippen LogP contribution in [0.1, 0.15) is 13.3 Å². The summed E-state index contributed by atoms with van der Waals surface area (Å²) in [7, 11) is 0. The van der Waals surface area contributed by atoms with E-state index in [1.54, 1.807) is 6.92 Å². The maximum absolute atomic E-state index is 10.8. The van der Waals surface area contributed by atoms with Gasteiger partial charge in [-0.05, 0) is 18.9 Å². The van der Waals surface area contributed by atoms with Gasteiger partial charge in [0.25, 0.3) is 0 Å². The van der Waals surface area contributed by atoms with E-state index in [9.17, 15) is 4.79 Å². The second-order valence-electron chi connectivity index (χ2n) is 1.90. The first-order valence-electron chi connectivity index (χ1n) is 2.72. The summed E-state index contributed by atoms with van der Waals surface area (Å²) in [5.41, 5.74) is 0.499. The van der Waals surface area contributed by atoms with Crippen LogP contribution in [0.2, 0.25) is 0 Å². The molecule has 0 aliphatic carbocycles. The molecule has 0 rings (SSSR count). The van der Waals surface area contributed by atoms with Gasteiger partial charge in [-0.2, -0.15) is 0 Å². The van der Waals surface area contributed by atoms with Crippen molar-refractivity contribution in [2.24, 2.45) is 0 Å². The fourth-order valence-electron chi connectivity index (χ4n) is 0.398. The van der Waals surface area contributed by atoms with Crippen molar-refractivity contribution in [3.63, 3.8) is 0 Å². The maximum atomic E-state index is 10.8. The summed E-state index contributed by atoms with van der Waals surface area (Å²) in [6.07, 6.45) is 0.424. The van der Waals surface area contributed by atoms with E-state index in [-0.39, 0.29) is 5.78 Å². The van der Waals surface area contributed by atoms with Crippen molar-refractivity contribution in [2.75, 3.05) is 0 Å². The van der Waals surface area contributed by atoms with Gasteiger partial charge in [0.15, 0.2) is 5.78 Å². The lowest BCUT2D eigenvalue weighted by Gasteiger charge is -2.02. The molecule has 0 aromatic carbocycles. The van der Waals surface area contributed by atoms with Crippen LogP contribution in [0.4, 0.5) is 0 Å². The van der Waals surface area contributed by atoms with Crippen molar-refractivity contribution >= 4 is 17.4 Å². The van der Waals surface area contributed by atoms with E-state index in [4.69, 9.17) is 11.6 Å². The Morgan fingerprint density at radius 3 is 2.33 bits per heavy atom. The van der Waals surface area contributed by atoms with Gasteiger partial charge in [-0.15, -0.1) is 11.6 Å². The van der Waals surface area contributed by atoms with E-state index >= 15 is 0 Å². The van der Waals surface area contributed by atoms with Crippen molar-refractivity contribution in [3.8, 4) is 0 Å². The summed E-state index contributed by atoms with van der Waals surface area (Å²) in [6, 6.07) is 0. The number of ketones is 1. The van der Waals surface area contributed by atoms with Crippen LogP contribution in [0.25, 0.3) is 0 Å². The Morgan fingerprint density at radius 1 is 1.78 bits per heavy atom. The third-order valence-corrected chi connectivity index (χ3v) is 1.37. The number of hydrogen-bond donors (Lipinski definition) is 0. The Kier molecular flexibility index (Phi) is 3.55. The smallest absolute Gasteiger partial charge is 0.175 e. The lowest BCUT2D eigenvalue weighted by Crippen LogP contribution is -2.13. The highest BCUT2D eigenvalue weighted by Gasteiger charge is 2.12. The Morgan fingerprint density at radius 2 is 2.22 bits per heavy atom. The van der Waals surface area contributed by atoms with E-state index in [2.05, 4.69) is 13.5 Å². The summed E-state index contributed by atoms with van der Waals surface area (Å²) in [5.74, 6) is -0.105. The molecule has 0 saturated carbocycles. The number of allylic oxidation sites excluding steroid dienone is 1. The number of Topliss-reactive ketones (excluding diaryl/α,β-unsaturated/α-hetero) is 1. The summed E-state index contributed by atoms with van der Waals surface area (Å²) in [6.45, 7) is 8.60. The number of halogens is 1. The molecule has 0 heterocycles. The van der Waals surface area contributed by atoms with Gasteiger partial charge < -0.3 is 0 Å². The molecule has 0 aromatic rings. The third-order valence-electron chi connectivity index (χ3n) is 0.959. The minimum absolute atomic E-state index is 0.105. The molecule has 1 unspecified atom stereocenters. The number of carbonyl (C=O) groups excluding carboxylic acids is 1. The molecule has 0 saturated heterocycles. The average molecular weight is 146 g/mol. The van der Waals surface area contributed by atoms with E-state index in [1.807, 2.05) is 0 Å². The van der Waals surface area contributed by atoms with Gasteiger partial charge in [-0.25, -0.2) is 0 Å². The Labute approximate surface area is 60.7 Å². The highest BCUT2D eigenvalue weighted by atomic mass is 35.5. The zero-order valence-electron chi connectivity index (χ0n) is 5.48. The Balaban J connectivity index is 3.88. The van der Waals surface area contributed by atoms with Gasteiger partial charge in [0, 0.05) is 0 Å². The van der Waals surface area contributed by atoms with E-state index in [1.165, 1.54) is 0 Å². The molecule has 9 heavy (non-hydrogen) atoms. The molecule has 0 spiro atoms. The monoisotopic (exact) mass is 145 g/mol. The van der Waals surface area contributed by atoms with Crippen molar-refractivity contribution < 1.29 is 4.79 Å². The fourth-order valence-corrected chi connectivity index (χ4v) is 0.585. The lowest BCUT2D eigenvalue weighted by molar-refractivity contribution is -0.115. The van der Waals surface area contributed by atoms with Crippen LogP contribution < -0.4 is 0 Å². The second kappa shape index (κ2) is 3.67. The minimum atomic E-state index is -0.484. The molecule has 0 N–H and O–H groups in total. The van der Waals surface area contributed by atoms with Gasteiger partial charge in [-0.3, -0.25) is 4.79 Å². The molecule has 0 amide bonds. The summed E-state index contributed by atoms with van der Waals surface area (Å²) < 4.78 is 0. The van der Waals surface area contributed by atoms with Gasteiger partial charge in [0.2, 0.25) is 0 Å². The van der Waals surface area contributed by atoms with Crippen molar-refractivity contribution in [2.45, 2.75) is 18.7 Å². The van der Waals surface area contributed by atoms with Gasteiger partial charge in [-0.1, -0.05) is 13.5 Å². The first-order chi connectivity index (χ1) is 4.09. The molecule has 2 heteroatoms. The molecule has 0 aliphatic rings. The zero-order chi connectivity index (χ0) is 7.44. The second-order valence-corrected chi connectivity index (χ2v) is 2.43. The first-order valence-corrected chi connectivity index (χ1v) is 3.16. The number of alkyl halides is 1. The maximum Gasteiger partial charge on any atom is 0.175 e. The van der Waals surface area contributed by atoms with Crippen LogP contribution >= 0.6 is 11.6 Å². The SMILES string of the molecule is [CH2]CC(Cl)C(=O)C(=C)C. The van der Waals surface area contributed by atoms with Crippen LogP contribution in [0, 0.1) is 6.92 Å². The average Bonchev–Trinajstić information content (AvgIpc) is 1.84. The highest BCUT2D eigenvalue weighted by Crippen LogP contribution is 2.06. The van der Waals surface area contributed by atoms with E-state index in [0.29, 0.717) is 12.0 Å². The molecule has 1 atom stereocenters. The summed E-state index contributed by atoms with van der Waals surface area (Å²) >= 11 is 5.54. The Bertz CT molecular complexity index is 129. The van der Waals surface area contributed by atoms with Crippen LogP contribution in [0.3, 0.4) is 0 Å². The lowest BCUT2D eigenvalue weighted by atomic mass is 10.1. The standard InChI is InChI=1S/C7H10ClO/c1-4-6(8)7(9)5(2)3/h6H,1-2,4H2,3H3. The predicted molar refractivity (Wildman–Crippen MR) is 39.4 cm³/mol. The van der Waals surface area contributed by atoms with Gasteiger partial charge in [0.1, 0.15) is 0 Å². The third kappa shape index (κ3) is 2.66. The molecule has 1 radical (unpaired) electrons. The van der Waals surface area contributed by atoms with Crippen LogP contribution in [-0.2, 0) is 4.79 Å². The van der Waals surface area contributed by atoms with Crippen LogP contribution in [0.5, 0.6) is 0 Å². The molecule has 0 fully saturated rings. The molecule has 1 nitrogen and oxygen atoms in total. The number of hydrogen-bond acceptors (Lipinski definition) is 1.